The van der Waals surface area contributed by atoms with E-state index in [0.29, 0.717) is 28.4 Å². The van der Waals surface area contributed by atoms with Crippen LogP contribution < -0.4 is 20.4 Å². The SMILES string of the molecule is N#Cc1c[nH]c(C(=O)Nc2ccccc2N2CCCCC2)c1.O=C(Nc1cc(CO)ccc1N1CCC(CCO)CC1)c1cc([N+](=O)[O-])c[nH]1. The molecule has 2 saturated heterocycles. The standard InChI is InChI=1S/C19H24N4O5.C17H18N4O/c24-8-5-13-3-6-22(7-4-13)18-2-1-14(12-25)9-16(18)21-19(26)17-10-15(11-20-17)23(27)28;18-11-13-10-15(19-12-13)17(22)20-14-6-2-3-7-16(14)21-8-4-1-5-9-21/h1-2,9-11,13,20,24-25H,3-8,12H2,(H,21,26);2-3,6-7,10,12,19H,1,4-5,8-9H2,(H,20,22). The third-order valence-electron chi connectivity index (χ3n) is 9.01. The molecule has 0 bridgehead atoms. The number of carbonyl (C=O) groups is 2. The van der Waals surface area contributed by atoms with Crippen LogP contribution in [0.4, 0.5) is 28.4 Å². The van der Waals surface area contributed by atoms with Crippen LogP contribution in [0, 0.1) is 27.4 Å². The predicted octanol–water partition coefficient (Wildman–Crippen LogP) is 5.40. The number of aliphatic hydroxyl groups is 2. The zero-order valence-electron chi connectivity index (χ0n) is 27.7. The lowest BCUT2D eigenvalue weighted by Gasteiger charge is -2.34. The van der Waals surface area contributed by atoms with Crippen LogP contribution >= 0.6 is 0 Å². The van der Waals surface area contributed by atoms with Gasteiger partial charge in [0.15, 0.2) is 0 Å². The van der Waals surface area contributed by atoms with Crippen molar-refractivity contribution in [2.75, 3.05) is 53.2 Å². The lowest BCUT2D eigenvalue weighted by molar-refractivity contribution is -0.384. The normalized spacial score (nSPS) is 14.7. The van der Waals surface area contributed by atoms with Crippen molar-refractivity contribution in [2.24, 2.45) is 5.92 Å². The molecule has 6 rings (SSSR count). The molecule has 2 aliphatic rings. The van der Waals surface area contributed by atoms with Gasteiger partial charge in [-0.15, -0.1) is 0 Å². The molecule has 2 aliphatic heterocycles. The van der Waals surface area contributed by atoms with Gasteiger partial charge in [-0.05, 0) is 80.3 Å². The highest BCUT2D eigenvalue weighted by molar-refractivity contribution is 6.06. The predicted molar refractivity (Wildman–Crippen MR) is 190 cm³/mol. The summed E-state index contributed by atoms with van der Waals surface area (Å²) in [5.41, 5.74) is 4.67. The van der Waals surface area contributed by atoms with E-state index in [1.807, 2.05) is 42.5 Å². The van der Waals surface area contributed by atoms with Gasteiger partial charge in [0.05, 0.1) is 46.0 Å². The van der Waals surface area contributed by atoms with Crippen molar-refractivity contribution in [3.8, 4) is 6.07 Å². The minimum absolute atomic E-state index is 0.0914. The van der Waals surface area contributed by atoms with Crippen molar-refractivity contribution >= 4 is 40.3 Å². The maximum absolute atomic E-state index is 12.5. The lowest BCUT2D eigenvalue weighted by Crippen LogP contribution is -2.34. The number of H-pyrrole nitrogens is 2. The number of amides is 2. The monoisotopic (exact) mass is 682 g/mol. The van der Waals surface area contributed by atoms with Gasteiger partial charge in [-0.3, -0.25) is 19.7 Å². The first-order chi connectivity index (χ1) is 24.3. The second kappa shape index (κ2) is 17.1. The average Bonchev–Trinajstić information content (AvgIpc) is 3.85. The van der Waals surface area contributed by atoms with E-state index in [1.54, 1.807) is 12.1 Å². The number of hydrogen-bond donors (Lipinski definition) is 6. The molecule has 2 aromatic carbocycles. The van der Waals surface area contributed by atoms with Gasteiger partial charge in [0, 0.05) is 45.0 Å². The van der Waals surface area contributed by atoms with Crippen LogP contribution in [0.3, 0.4) is 0 Å². The Bertz CT molecular complexity index is 1810. The summed E-state index contributed by atoms with van der Waals surface area (Å²) in [6, 6.07) is 18.0. The quantitative estimate of drug-likeness (QED) is 0.0935. The molecule has 4 aromatic rings. The van der Waals surface area contributed by atoms with Crippen molar-refractivity contribution in [1.82, 2.24) is 9.97 Å². The third-order valence-corrected chi connectivity index (χ3v) is 9.01. The van der Waals surface area contributed by atoms with E-state index in [9.17, 15) is 24.8 Å². The number of piperidine rings is 2. The number of para-hydroxylation sites is 2. The van der Waals surface area contributed by atoms with E-state index < -0.39 is 10.8 Å². The maximum Gasteiger partial charge on any atom is 0.287 e. The minimum Gasteiger partial charge on any atom is -0.396 e. The van der Waals surface area contributed by atoms with Gasteiger partial charge < -0.3 is 40.6 Å². The second-order valence-electron chi connectivity index (χ2n) is 12.4. The van der Waals surface area contributed by atoms with E-state index >= 15 is 0 Å². The Morgan fingerprint density at radius 3 is 2.14 bits per heavy atom. The first-order valence-corrected chi connectivity index (χ1v) is 16.8. The Labute approximate surface area is 289 Å². The lowest BCUT2D eigenvalue weighted by atomic mass is 9.93. The number of aromatic nitrogens is 2. The number of nitro groups is 1. The number of rotatable bonds is 10. The van der Waals surface area contributed by atoms with Gasteiger partial charge in [-0.2, -0.15) is 5.26 Å². The van der Waals surface area contributed by atoms with Crippen molar-refractivity contribution in [3.63, 3.8) is 0 Å². The molecule has 0 spiro atoms. The van der Waals surface area contributed by atoms with Gasteiger partial charge in [-0.1, -0.05) is 18.2 Å². The highest BCUT2D eigenvalue weighted by atomic mass is 16.6. The number of nitriles is 1. The number of nitrogens with zero attached hydrogens (tertiary/aromatic N) is 4. The molecule has 6 N–H and O–H groups in total. The molecule has 50 heavy (non-hydrogen) atoms. The number of benzene rings is 2. The topological polar surface area (TPSA) is 204 Å². The maximum atomic E-state index is 12.5. The van der Waals surface area contributed by atoms with E-state index in [0.717, 1.165) is 62.5 Å². The molecule has 14 nitrogen and oxygen atoms in total. The molecule has 2 fully saturated rings. The van der Waals surface area contributed by atoms with Gasteiger partial charge >= 0.3 is 0 Å². The van der Waals surface area contributed by atoms with Crippen LogP contribution in [0.25, 0.3) is 0 Å². The Balaban J connectivity index is 0.000000200. The van der Waals surface area contributed by atoms with Crippen molar-refractivity contribution in [2.45, 2.75) is 45.1 Å². The zero-order chi connectivity index (χ0) is 35.5. The molecule has 2 amide bonds. The number of anilines is 4. The summed E-state index contributed by atoms with van der Waals surface area (Å²) in [6.45, 7) is 3.69. The highest BCUT2D eigenvalue weighted by Crippen LogP contribution is 2.33. The number of nitrogens with one attached hydrogen (secondary N) is 4. The summed E-state index contributed by atoms with van der Waals surface area (Å²) in [7, 11) is 0. The zero-order valence-corrected chi connectivity index (χ0v) is 27.7. The average molecular weight is 683 g/mol. The summed E-state index contributed by atoms with van der Waals surface area (Å²) >= 11 is 0. The Kier molecular flexibility index (Phi) is 12.2. The molecule has 4 heterocycles. The van der Waals surface area contributed by atoms with Gasteiger partial charge in [-0.25, -0.2) is 0 Å². The molecule has 0 aliphatic carbocycles. The summed E-state index contributed by atoms with van der Waals surface area (Å²) in [6.07, 6.45) is 9.06. The van der Waals surface area contributed by atoms with Crippen LogP contribution in [-0.4, -0.2) is 69.7 Å². The first kappa shape index (κ1) is 35.7. The fraction of sp³-hybridized carbons (Fsp3) is 0.361. The Hall–Kier alpha value is -5.65. The van der Waals surface area contributed by atoms with Gasteiger partial charge in [0.2, 0.25) is 0 Å². The molecule has 0 unspecified atom stereocenters. The van der Waals surface area contributed by atoms with Crippen LogP contribution in [0.1, 0.15) is 70.6 Å². The molecule has 0 saturated carbocycles. The van der Waals surface area contributed by atoms with Crippen LogP contribution in [0.2, 0.25) is 0 Å². The first-order valence-electron chi connectivity index (χ1n) is 16.8. The molecule has 2 aromatic heterocycles. The van der Waals surface area contributed by atoms with E-state index in [-0.39, 0.29) is 30.5 Å². The minimum atomic E-state index is -0.568. The molecule has 0 atom stereocenters. The second-order valence-corrected chi connectivity index (χ2v) is 12.4. The number of aliphatic hydroxyl groups excluding tert-OH is 2. The largest absolute Gasteiger partial charge is 0.396 e. The number of aromatic amines is 2. The summed E-state index contributed by atoms with van der Waals surface area (Å²) in [5, 5.41) is 43.9. The molecular formula is C36H42N8O6. The number of carbonyl (C=O) groups excluding carboxylic acids is 2. The van der Waals surface area contributed by atoms with Crippen molar-refractivity contribution in [3.05, 3.63) is 99.6 Å². The van der Waals surface area contributed by atoms with Crippen LogP contribution in [-0.2, 0) is 6.61 Å². The highest BCUT2D eigenvalue weighted by Gasteiger charge is 2.23. The van der Waals surface area contributed by atoms with Crippen LogP contribution in [0.5, 0.6) is 0 Å². The summed E-state index contributed by atoms with van der Waals surface area (Å²) in [5.74, 6) is -0.221. The molecule has 262 valence electrons. The Morgan fingerprint density at radius 1 is 0.860 bits per heavy atom. The number of hydrogen-bond acceptors (Lipinski definition) is 9. The van der Waals surface area contributed by atoms with Crippen molar-refractivity contribution in [1.29, 1.82) is 5.26 Å². The van der Waals surface area contributed by atoms with Crippen LogP contribution in [0.15, 0.2) is 67.0 Å². The summed E-state index contributed by atoms with van der Waals surface area (Å²) in [4.78, 5) is 45.0. The van der Waals surface area contributed by atoms with Gasteiger partial charge in [0.25, 0.3) is 17.5 Å². The molecule has 14 heteroatoms. The smallest absolute Gasteiger partial charge is 0.287 e. The molecule has 0 radical (unpaired) electrons. The van der Waals surface area contributed by atoms with Gasteiger partial charge in [0.1, 0.15) is 17.5 Å². The fourth-order valence-electron chi connectivity index (χ4n) is 6.28. The van der Waals surface area contributed by atoms with Crippen molar-refractivity contribution < 1.29 is 24.7 Å². The van der Waals surface area contributed by atoms with E-state index in [4.69, 9.17) is 10.4 Å². The fourth-order valence-corrected chi connectivity index (χ4v) is 6.28. The molecular weight excluding hydrogens is 640 g/mol. The summed E-state index contributed by atoms with van der Waals surface area (Å²) < 4.78 is 0. The van der Waals surface area contributed by atoms with E-state index in [1.165, 1.54) is 37.7 Å². The van der Waals surface area contributed by atoms with E-state index in [2.05, 4.69) is 30.4 Å². The third kappa shape index (κ3) is 9.07. The Morgan fingerprint density at radius 2 is 1.50 bits per heavy atom.